The van der Waals surface area contributed by atoms with E-state index in [1.165, 1.54) is 0 Å². The molecule has 4 N–H and O–H groups in total. The lowest BCUT2D eigenvalue weighted by molar-refractivity contribution is -0.123. The van der Waals surface area contributed by atoms with Gasteiger partial charge in [-0.25, -0.2) is 0 Å². The lowest BCUT2D eigenvalue weighted by Gasteiger charge is -2.14. The molecule has 0 bridgehead atoms. The van der Waals surface area contributed by atoms with E-state index >= 15 is 0 Å². The first-order valence-corrected chi connectivity index (χ1v) is 6.08. The zero-order valence-electron chi connectivity index (χ0n) is 10.7. The largest absolute Gasteiger partial charge is 0.355 e. The molecule has 0 heterocycles. The summed E-state index contributed by atoms with van der Waals surface area (Å²) < 4.78 is 44.1. The Hall–Kier alpha value is -0.660. The maximum atomic E-state index is 11.4. The van der Waals surface area contributed by atoms with Crippen molar-refractivity contribution in [3.05, 3.63) is 0 Å². The van der Waals surface area contributed by atoms with Gasteiger partial charge in [-0.3, -0.25) is 9.35 Å². The van der Waals surface area contributed by atoms with Gasteiger partial charge in [0.2, 0.25) is 5.91 Å². The van der Waals surface area contributed by atoms with Gasteiger partial charge in [0.15, 0.2) is 0 Å². The zero-order valence-corrected chi connectivity index (χ0v) is 9.54. The Bertz CT molecular complexity index is 370. The van der Waals surface area contributed by atoms with Crippen molar-refractivity contribution < 1.29 is 20.5 Å². The Morgan fingerprint density at radius 3 is 2.53 bits per heavy atom. The first kappa shape index (κ1) is 10.8. The average molecular weight is 240 g/mol. The summed E-state index contributed by atoms with van der Waals surface area (Å²) in [5, 5.41) is 2.00. The van der Waals surface area contributed by atoms with Crippen LogP contribution in [-0.4, -0.2) is 37.2 Å². The Balaban J connectivity index is 4.40. The zero-order chi connectivity index (χ0) is 13.9. The van der Waals surface area contributed by atoms with Crippen molar-refractivity contribution in [3.63, 3.8) is 0 Å². The standard InChI is InChI=1S/C8H18N2O4S/c1-6(2)7(9)8(11)10-4-3-5-15(12,13)14/h6-7H,3-5,9H2,1-2H3,(H,10,11)(H,12,13,14)/t7-/m0/s1/i4D2. The predicted octanol–water partition coefficient (Wildman–Crippen LogP) is -0.636. The molecule has 0 fully saturated rings. The molecule has 7 heteroatoms. The molecule has 0 aromatic rings. The number of nitrogens with two attached hydrogens (primary N) is 1. The molecule has 1 atom stereocenters. The van der Waals surface area contributed by atoms with Gasteiger partial charge in [-0.15, -0.1) is 0 Å². The fourth-order valence-corrected chi connectivity index (χ4v) is 1.08. The fourth-order valence-electron chi connectivity index (χ4n) is 0.716. The highest BCUT2D eigenvalue weighted by molar-refractivity contribution is 7.85. The molecule has 15 heavy (non-hydrogen) atoms. The van der Waals surface area contributed by atoms with Gasteiger partial charge in [0.1, 0.15) is 0 Å². The van der Waals surface area contributed by atoms with Crippen LogP contribution in [-0.2, 0) is 14.9 Å². The van der Waals surface area contributed by atoms with E-state index in [2.05, 4.69) is 0 Å². The number of carbonyl (C=O) groups is 1. The number of hydrogen-bond donors (Lipinski definition) is 3. The van der Waals surface area contributed by atoms with Crippen LogP contribution >= 0.6 is 0 Å². The van der Waals surface area contributed by atoms with Gasteiger partial charge in [-0.1, -0.05) is 13.8 Å². The van der Waals surface area contributed by atoms with E-state index < -0.39 is 40.7 Å². The third kappa shape index (κ3) is 7.29. The molecule has 0 aliphatic carbocycles. The number of amides is 1. The van der Waals surface area contributed by atoms with Gasteiger partial charge in [-0.05, 0) is 12.3 Å². The minimum Gasteiger partial charge on any atom is -0.355 e. The first-order valence-electron chi connectivity index (χ1n) is 5.47. The minimum absolute atomic E-state index is 0.160. The molecule has 0 saturated heterocycles. The normalized spacial score (nSPS) is 16.9. The van der Waals surface area contributed by atoms with Crippen molar-refractivity contribution in [2.75, 3.05) is 12.2 Å². The quantitative estimate of drug-likeness (QED) is 0.535. The Morgan fingerprint density at radius 2 is 2.13 bits per heavy atom. The lowest BCUT2D eigenvalue weighted by Crippen LogP contribution is -2.44. The highest BCUT2D eigenvalue weighted by Crippen LogP contribution is 1.97. The van der Waals surface area contributed by atoms with Crippen molar-refractivity contribution in [2.45, 2.75) is 26.3 Å². The number of nitrogens with one attached hydrogen (secondary N) is 1. The van der Waals surface area contributed by atoms with E-state index in [0.717, 1.165) is 0 Å². The summed E-state index contributed by atoms with van der Waals surface area (Å²) >= 11 is 0. The summed E-state index contributed by atoms with van der Waals surface area (Å²) in [6.07, 6.45) is -0.539. The van der Waals surface area contributed by atoms with Gasteiger partial charge < -0.3 is 11.1 Å². The summed E-state index contributed by atoms with van der Waals surface area (Å²) in [5.41, 5.74) is 5.50. The van der Waals surface area contributed by atoms with Gasteiger partial charge in [-0.2, -0.15) is 8.42 Å². The van der Waals surface area contributed by atoms with Crippen LogP contribution < -0.4 is 11.1 Å². The molecule has 1 amide bonds. The maximum Gasteiger partial charge on any atom is 0.264 e. The molecule has 0 unspecified atom stereocenters. The monoisotopic (exact) mass is 240 g/mol. The van der Waals surface area contributed by atoms with Crippen LogP contribution in [0.4, 0.5) is 0 Å². The average Bonchev–Trinajstić information content (AvgIpc) is 2.12. The molecule has 90 valence electrons. The SMILES string of the molecule is [2H]C([2H])(CCS(=O)(=O)O)NC(=O)[C@@H](N)C(C)C. The summed E-state index contributed by atoms with van der Waals surface area (Å²) in [5.74, 6) is -1.62. The van der Waals surface area contributed by atoms with Crippen molar-refractivity contribution >= 4 is 16.0 Å². The molecule has 0 aromatic carbocycles. The molecule has 0 aromatic heterocycles. The summed E-state index contributed by atoms with van der Waals surface area (Å²) in [6, 6.07) is -0.865. The van der Waals surface area contributed by atoms with Crippen LogP contribution in [0.5, 0.6) is 0 Å². The topological polar surface area (TPSA) is 109 Å². The molecule has 0 saturated carbocycles. The van der Waals surface area contributed by atoms with E-state index in [9.17, 15) is 13.2 Å². The Morgan fingerprint density at radius 1 is 1.60 bits per heavy atom. The van der Waals surface area contributed by atoms with Crippen molar-refractivity contribution in [1.82, 2.24) is 5.32 Å². The second-order valence-electron chi connectivity index (χ2n) is 3.47. The minimum atomic E-state index is -4.25. The van der Waals surface area contributed by atoms with E-state index in [4.69, 9.17) is 13.0 Å². The van der Waals surface area contributed by atoms with Gasteiger partial charge in [0.05, 0.1) is 11.8 Å². The van der Waals surface area contributed by atoms with Crippen LogP contribution in [0.2, 0.25) is 0 Å². The Labute approximate surface area is 92.8 Å². The second-order valence-corrected chi connectivity index (χ2v) is 5.04. The lowest BCUT2D eigenvalue weighted by atomic mass is 10.1. The highest BCUT2D eigenvalue weighted by Gasteiger charge is 2.16. The van der Waals surface area contributed by atoms with Crippen molar-refractivity contribution in [3.8, 4) is 0 Å². The first-order chi connectivity index (χ1) is 7.44. The maximum absolute atomic E-state index is 11.4. The van der Waals surface area contributed by atoms with E-state index in [0.29, 0.717) is 0 Å². The summed E-state index contributed by atoms with van der Waals surface area (Å²) in [4.78, 5) is 11.4. The van der Waals surface area contributed by atoms with Crippen LogP contribution in [0, 0.1) is 5.92 Å². The molecule has 0 spiro atoms. The summed E-state index contributed by atoms with van der Waals surface area (Å²) in [6.45, 7) is 1.19. The number of hydrogen-bond acceptors (Lipinski definition) is 4. The van der Waals surface area contributed by atoms with Crippen LogP contribution in [0.25, 0.3) is 0 Å². The second kappa shape index (κ2) is 6.04. The molecule has 0 radical (unpaired) electrons. The van der Waals surface area contributed by atoms with E-state index in [-0.39, 0.29) is 5.92 Å². The molecule has 0 aliphatic heterocycles. The Kier molecular flexibility index (Phi) is 4.37. The number of carbonyl (C=O) groups excluding carboxylic acids is 1. The smallest absolute Gasteiger partial charge is 0.264 e. The fraction of sp³-hybridized carbons (Fsp3) is 0.875. The molecular weight excluding hydrogens is 220 g/mol. The van der Waals surface area contributed by atoms with E-state index in [1.54, 1.807) is 13.8 Å². The molecule has 6 nitrogen and oxygen atoms in total. The van der Waals surface area contributed by atoms with Gasteiger partial charge in [0.25, 0.3) is 10.1 Å². The van der Waals surface area contributed by atoms with Crippen LogP contribution in [0.1, 0.15) is 23.0 Å². The number of rotatable bonds is 6. The molecular formula is C8H18N2O4S. The van der Waals surface area contributed by atoms with Crippen molar-refractivity contribution in [2.24, 2.45) is 11.7 Å². The summed E-state index contributed by atoms with van der Waals surface area (Å²) in [7, 11) is -4.25. The highest BCUT2D eigenvalue weighted by atomic mass is 32.2. The molecule has 0 rings (SSSR count). The van der Waals surface area contributed by atoms with E-state index in [1.807, 2.05) is 5.32 Å². The van der Waals surface area contributed by atoms with Gasteiger partial charge in [0, 0.05) is 9.24 Å². The molecule has 0 aliphatic rings. The van der Waals surface area contributed by atoms with Crippen molar-refractivity contribution in [1.29, 1.82) is 0 Å². The third-order valence-electron chi connectivity index (χ3n) is 1.72. The predicted molar refractivity (Wildman–Crippen MR) is 56.9 cm³/mol. The van der Waals surface area contributed by atoms with Gasteiger partial charge >= 0.3 is 0 Å². The van der Waals surface area contributed by atoms with Crippen LogP contribution in [0.15, 0.2) is 0 Å². The third-order valence-corrected chi connectivity index (χ3v) is 2.44. The van der Waals surface area contributed by atoms with Crippen LogP contribution in [0.3, 0.4) is 0 Å².